The first-order valence-electron chi connectivity index (χ1n) is 8.29. The van der Waals surface area contributed by atoms with Crippen LogP contribution in [0.25, 0.3) is 10.8 Å². The largest absolute Gasteiger partial charge is 0.346 e. The number of fused-ring (bicyclic) bond motifs is 1. The first-order valence-corrected chi connectivity index (χ1v) is 8.66. The second kappa shape index (κ2) is 6.06. The van der Waals surface area contributed by atoms with E-state index in [1.54, 1.807) is 0 Å². The van der Waals surface area contributed by atoms with Gasteiger partial charge in [-0.15, -0.1) is 0 Å². The fraction of sp³-hybridized carbons (Fsp3) is 0.389. The van der Waals surface area contributed by atoms with E-state index in [9.17, 15) is 0 Å². The van der Waals surface area contributed by atoms with Gasteiger partial charge in [-0.25, -0.2) is 4.98 Å². The van der Waals surface area contributed by atoms with E-state index >= 15 is 0 Å². The molecule has 0 radical (unpaired) electrons. The monoisotopic (exact) mass is 342 g/mol. The van der Waals surface area contributed by atoms with Gasteiger partial charge in [0, 0.05) is 17.8 Å². The molecule has 0 spiro atoms. The van der Waals surface area contributed by atoms with E-state index in [1.807, 2.05) is 32.0 Å². The fourth-order valence-corrected chi connectivity index (χ4v) is 3.48. The quantitative estimate of drug-likeness (QED) is 0.644. The molecular formula is C18H19ClN4O. The molecule has 1 aliphatic heterocycles. The maximum absolute atomic E-state index is 6.39. The van der Waals surface area contributed by atoms with Crippen LogP contribution in [0.4, 0.5) is 5.82 Å². The zero-order valence-electron chi connectivity index (χ0n) is 13.7. The normalized spacial score (nSPS) is 18.0. The number of hydrogen-bond donors (Lipinski definition) is 0. The average molecular weight is 343 g/mol. The topological polar surface area (TPSA) is 55.1 Å². The van der Waals surface area contributed by atoms with Gasteiger partial charge in [0.25, 0.3) is 0 Å². The zero-order valence-corrected chi connectivity index (χ0v) is 14.5. The Bertz CT molecular complexity index is 876. The van der Waals surface area contributed by atoms with Gasteiger partial charge in [0.05, 0.1) is 6.04 Å². The second-order valence-electron chi connectivity index (χ2n) is 6.49. The molecule has 24 heavy (non-hydrogen) atoms. The lowest BCUT2D eigenvalue weighted by Crippen LogP contribution is -2.24. The van der Waals surface area contributed by atoms with Crippen molar-refractivity contribution >= 4 is 28.2 Å². The standard InChI is InChI=1S/C18H19ClN4O/c1-11(2)18-21-17(22-24-18)14-8-5-9-23(14)15-10-12-6-3-4-7-13(12)16(19)20-15/h3-4,6-7,10-11,14H,5,8-9H2,1-2H3. The Labute approximate surface area is 145 Å². The first kappa shape index (κ1) is 15.4. The Morgan fingerprint density at radius 2 is 2.08 bits per heavy atom. The van der Waals surface area contributed by atoms with Gasteiger partial charge in [0.2, 0.25) is 5.89 Å². The number of halogens is 1. The number of rotatable bonds is 3. The van der Waals surface area contributed by atoms with Crippen molar-refractivity contribution < 1.29 is 4.52 Å². The molecule has 3 aromatic rings. The highest BCUT2D eigenvalue weighted by atomic mass is 35.5. The Kier molecular flexibility index (Phi) is 3.88. The zero-order chi connectivity index (χ0) is 16.7. The molecule has 6 heteroatoms. The summed E-state index contributed by atoms with van der Waals surface area (Å²) in [5.41, 5.74) is 0. The summed E-state index contributed by atoms with van der Waals surface area (Å²) in [4.78, 5) is 11.4. The van der Waals surface area contributed by atoms with Crippen molar-refractivity contribution in [2.45, 2.75) is 38.6 Å². The van der Waals surface area contributed by atoms with Gasteiger partial charge in [-0.3, -0.25) is 0 Å². The third kappa shape index (κ3) is 2.63. The molecule has 124 valence electrons. The smallest absolute Gasteiger partial charge is 0.229 e. The highest BCUT2D eigenvalue weighted by Gasteiger charge is 2.31. The van der Waals surface area contributed by atoms with Crippen LogP contribution in [0.15, 0.2) is 34.9 Å². The lowest BCUT2D eigenvalue weighted by molar-refractivity contribution is 0.358. The minimum absolute atomic E-state index is 0.0889. The van der Waals surface area contributed by atoms with Crippen molar-refractivity contribution in [3.05, 3.63) is 47.2 Å². The van der Waals surface area contributed by atoms with Crippen molar-refractivity contribution in [1.82, 2.24) is 15.1 Å². The van der Waals surface area contributed by atoms with Gasteiger partial charge in [0.1, 0.15) is 11.0 Å². The summed E-state index contributed by atoms with van der Waals surface area (Å²) in [7, 11) is 0. The SMILES string of the molecule is CC(C)c1nc(C2CCCN2c2cc3ccccc3c(Cl)n2)no1. The van der Waals surface area contributed by atoms with Crippen molar-refractivity contribution in [1.29, 1.82) is 0 Å². The van der Waals surface area contributed by atoms with Gasteiger partial charge >= 0.3 is 0 Å². The highest BCUT2D eigenvalue weighted by Crippen LogP contribution is 2.36. The van der Waals surface area contributed by atoms with Gasteiger partial charge < -0.3 is 9.42 Å². The van der Waals surface area contributed by atoms with E-state index in [2.05, 4.69) is 32.2 Å². The summed E-state index contributed by atoms with van der Waals surface area (Å²) in [6.45, 7) is 5.01. The Balaban J connectivity index is 1.72. The van der Waals surface area contributed by atoms with Crippen LogP contribution in [0.1, 0.15) is 50.4 Å². The molecule has 0 aliphatic carbocycles. The molecule has 0 amide bonds. The summed E-state index contributed by atoms with van der Waals surface area (Å²) >= 11 is 6.39. The summed E-state index contributed by atoms with van der Waals surface area (Å²) < 4.78 is 5.38. The Hall–Kier alpha value is -2.14. The summed E-state index contributed by atoms with van der Waals surface area (Å²) in [6, 6.07) is 10.2. The maximum atomic E-state index is 6.39. The van der Waals surface area contributed by atoms with Crippen LogP contribution in [-0.2, 0) is 0 Å². The molecule has 0 saturated carbocycles. The number of aromatic nitrogens is 3. The van der Waals surface area contributed by atoms with Crippen LogP contribution in [0.5, 0.6) is 0 Å². The molecule has 1 unspecified atom stereocenters. The predicted molar refractivity (Wildman–Crippen MR) is 94.5 cm³/mol. The van der Waals surface area contributed by atoms with Gasteiger partial charge in [0.15, 0.2) is 5.82 Å². The van der Waals surface area contributed by atoms with Gasteiger partial charge in [-0.1, -0.05) is 54.9 Å². The van der Waals surface area contributed by atoms with Crippen LogP contribution in [0.2, 0.25) is 5.15 Å². The van der Waals surface area contributed by atoms with Crippen LogP contribution in [-0.4, -0.2) is 21.7 Å². The molecule has 1 saturated heterocycles. The molecule has 2 aromatic heterocycles. The molecular weight excluding hydrogens is 324 g/mol. The third-order valence-corrected chi connectivity index (χ3v) is 4.76. The molecule has 4 rings (SSSR count). The number of pyridine rings is 1. The summed E-state index contributed by atoms with van der Waals surface area (Å²) in [6.07, 6.45) is 2.06. The molecule has 1 atom stereocenters. The number of nitrogens with zero attached hydrogens (tertiary/aromatic N) is 4. The number of benzene rings is 1. The van der Waals surface area contributed by atoms with E-state index < -0.39 is 0 Å². The lowest BCUT2D eigenvalue weighted by Gasteiger charge is -2.23. The molecule has 0 bridgehead atoms. The van der Waals surface area contributed by atoms with Crippen LogP contribution in [0.3, 0.4) is 0 Å². The van der Waals surface area contributed by atoms with E-state index in [0.717, 1.165) is 41.8 Å². The third-order valence-electron chi connectivity index (χ3n) is 4.48. The van der Waals surface area contributed by atoms with E-state index in [1.165, 1.54) is 0 Å². The first-order chi connectivity index (χ1) is 11.6. The number of hydrogen-bond acceptors (Lipinski definition) is 5. The Morgan fingerprint density at radius 3 is 2.88 bits per heavy atom. The molecule has 3 heterocycles. The minimum Gasteiger partial charge on any atom is -0.346 e. The van der Waals surface area contributed by atoms with E-state index in [0.29, 0.717) is 11.0 Å². The van der Waals surface area contributed by atoms with Crippen molar-refractivity contribution in [3.63, 3.8) is 0 Å². The molecule has 1 aromatic carbocycles. The molecule has 1 aliphatic rings. The molecule has 1 fully saturated rings. The summed E-state index contributed by atoms with van der Waals surface area (Å²) in [5.74, 6) is 2.52. The van der Waals surface area contributed by atoms with Crippen LogP contribution in [0, 0.1) is 0 Å². The van der Waals surface area contributed by atoms with Crippen LogP contribution >= 0.6 is 11.6 Å². The van der Waals surface area contributed by atoms with Crippen LogP contribution < -0.4 is 4.90 Å². The van der Waals surface area contributed by atoms with Crippen molar-refractivity contribution in [3.8, 4) is 0 Å². The van der Waals surface area contributed by atoms with E-state index in [4.69, 9.17) is 16.1 Å². The number of anilines is 1. The Morgan fingerprint density at radius 1 is 1.25 bits per heavy atom. The van der Waals surface area contributed by atoms with Crippen molar-refractivity contribution in [2.75, 3.05) is 11.4 Å². The average Bonchev–Trinajstić information content (AvgIpc) is 3.24. The second-order valence-corrected chi connectivity index (χ2v) is 6.85. The van der Waals surface area contributed by atoms with Gasteiger partial charge in [-0.05, 0) is 24.3 Å². The van der Waals surface area contributed by atoms with Gasteiger partial charge in [-0.2, -0.15) is 4.98 Å². The van der Waals surface area contributed by atoms with Crippen molar-refractivity contribution in [2.24, 2.45) is 0 Å². The predicted octanol–water partition coefficient (Wildman–Crippen LogP) is 4.74. The lowest BCUT2D eigenvalue weighted by atomic mass is 10.1. The molecule has 0 N–H and O–H groups in total. The van der Waals surface area contributed by atoms with E-state index in [-0.39, 0.29) is 12.0 Å². The fourth-order valence-electron chi connectivity index (χ4n) is 3.22. The minimum atomic E-state index is 0.0889. The maximum Gasteiger partial charge on any atom is 0.229 e. The molecule has 5 nitrogen and oxygen atoms in total. The summed E-state index contributed by atoms with van der Waals surface area (Å²) in [5, 5.41) is 6.79. The highest BCUT2D eigenvalue weighted by molar-refractivity contribution is 6.34.